The van der Waals surface area contributed by atoms with Gasteiger partial charge in [-0.2, -0.15) is 0 Å². The highest BCUT2D eigenvalue weighted by molar-refractivity contribution is 7.94. The fraction of sp³-hybridized carbons (Fsp3) is 0.0625. The number of aromatic hydroxyl groups is 1. The molecule has 0 unspecified atom stereocenters. The molecule has 0 saturated heterocycles. The Morgan fingerprint density at radius 2 is 1.86 bits per heavy atom. The summed E-state index contributed by atoms with van der Waals surface area (Å²) in [5, 5.41) is 10.8. The van der Waals surface area contributed by atoms with E-state index in [1.54, 1.807) is 6.07 Å². The highest BCUT2D eigenvalue weighted by atomic mass is 35.5. The number of nitrogen functional groups attached to an aromatic ring is 1. The Morgan fingerprint density at radius 3 is 2.46 bits per heavy atom. The number of rotatable bonds is 5. The third-order valence-electron chi connectivity index (χ3n) is 3.42. The van der Waals surface area contributed by atoms with Gasteiger partial charge < -0.3 is 15.6 Å². The summed E-state index contributed by atoms with van der Waals surface area (Å²) in [5.41, 5.74) is 5.82. The molecule has 0 saturated carbocycles. The Morgan fingerprint density at radius 1 is 1.14 bits per heavy atom. The molecule has 0 aliphatic rings. The van der Waals surface area contributed by atoms with Gasteiger partial charge in [0.05, 0.1) is 21.4 Å². The highest BCUT2D eigenvalue weighted by Crippen LogP contribution is 2.41. The molecule has 3 aromatic rings. The minimum Gasteiger partial charge on any atom is -0.504 e. The molecule has 3 rings (SSSR count). The number of phenolic OH excluding ortho intramolecular Hbond substituents is 1. The van der Waals surface area contributed by atoms with Crippen LogP contribution in [-0.2, 0) is 10.0 Å². The van der Waals surface area contributed by atoms with Crippen molar-refractivity contribution >= 4 is 67.0 Å². The molecule has 0 atom stereocenters. The second-order valence-corrected chi connectivity index (χ2v) is 9.67. The molecule has 0 spiro atoms. The van der Waals surface area contributed by atoms with Gasteiger partial charge in [0.2, 0.25) is 0 Å². The van der Waals surface area contributed by atoms with Crippen LogP contribution in [0, 0.1) is 6.92 Å². The zero-order valence-electron chi connectivity index (χ0n) is 14.0. The van der Waals surface area contributed by atoms with Crippen LogP contribution in [0.4, 0.5) is 10.8 Å². The summed E-state index contributed by atoms with van der Waals surface area (Å²) in [6.07, 6.45) is 0. The van der Waals surface area contributed by atoms with Crippen LogP contribution in [0.3, 0.4) is 0 Å². The van der Waals surface area contributed by atoms with Gasteiger partial charge in [0.25, 0.3) is 10.0 Å². The predicted octanol–water partition coefficient (Wildman–Crippen LogP) is 5.29. The summed E-state index contributed by atoms with van der Waals surface area (Å²) in [7, 11) is -4.00. The lowest BCUT2D eigenvalue weighted by atomic mass is 10.2. The number of halogens is 3. The van der Waals surface area contributed by atoms with Crippen molar-refractivity contribution in [3.8, 4) is 17.2 Å². The van der Waals surface area contributed by atoms with E-state index >= 15 is 0 Å². The van der Waals surface area contributed by atoms with Crippen molar-refractivity contribution < 1.29 is 18.3 Å². The number of aromatic nitrogens is 1. The number of nitrogens with zero attached hydrogens (tertiary/aromatic N) is 1. The number of ether oxygens (including phenoxy) is 1. The van der Waals surface area contributed by atoms with E-state index in [-0.39, 0.29) is 48.0 Å². The third-order valence-corrected chi connectivity index (χ3v) is 7.23. The number of benzene rings is 2. The average molecular weight is 481 g/mol. The first kappa shape index (κ1) is 20.8. The van der Waals surface area contributed by atoms with Crippen molar-refractivity contribution in [3.63, 3.8) is 0 Å². The molecule has 1 heterocycles. The van der Waals surface area contributed by atoms with Gasteiger partial charge in [-0.1, -0.05) is 46.1 Å². The fourth-order valence-electron chi connectivity index (χ4n) is 2.22. The summed E-state index contributed by atoms with van der Waals surface area (Å²) in [5.74, 6) is -0.160. The SMILES string of the molecule is Cc1nc(N)sc1S(=O)(=O)Nc1cc(Oc2ccc(Cl)cc2Cl)c(O)cc1Cl. The number of nitrogens with one attached hydrogen (secondary N) is 1. The molecular formula is C16H12Cl3N3O4S2. The molecule has 0 bridgehead atoms. The van der Waals surface area contributed by atoms with Crippen molar-refractivity contribution in [3.05, 3.63) is 51.1 Å². The van der Waals surface area contributed by atoms with Crippen LogP contribution in [-0.4, -0.2) is 18.5 Å². The number of hydrogen-bond donors (Lipinski definition) is 3. The first-order valence-electron chi connectivity index (χ1n) is 7.48. The Bertz CT molecular complexity index is 1170. The maximum atomic E-state index is 12.6. The highest BCUT2D eigenvalue weighted by Gasteiger charge is 2.23. The van der Waals surface area contributed by atoms with Crippen LogP contribution in [0.15, 0.2) is 34.5 Å². The molecule has 12 heteroatoms. The first-order valence-corrected chi connectivity index (χ1v) is 10.9. The van der Waals surface area contributed by atoms with Gasteiger partial charge in [0.15, 0.2) is 20.8 Å². The van der Waals surface area contributed by atoms with E-state index in [0.717, 1.165) is 17.4 Å². The number of phenols is 1. The van der Waals surface area contributed by atoms with E-state index in [1.165, 1.54) is 25.1 Å². The molecule has 4 N–H and O–H groups in total. The van der Waals surface area contributed by atoms with E-state index in [4.69, 9.17) is 45.3 Å². The van der Waals surface area contributed by atoms with Crippen LogP contribution < -0.4 is 15.2 Å². The van der Waals surface area contributed by atoms with Gasteiger partial charge in [-0.25, -0.2) is 13.4 Å². The normalized spacial score (nSPS) is 11.4. The van der Waals surface area contributed by atoms with Crippen molar-refractivity contribution in [2.24, 2.45) is 0 Å². The van der Waals surface area contributed by atoms with Gasteiger partial charge in [-0.05, 0) is 25.1 Å². The largest absolute Gasteiger partial charge is 0.504 e. The molecule has 0 amide bonds. The smallest absolute Gasteiger partial charge is 0.273 e. The lowest BCUT2D eigenvalue weighted by Crippen LogP contribution is -2.13. The van der Waals surface area contributed by atoms with E-state index in [9.17, 15) is 13.5 Å². The second-order valence-electron chi connectivity index (χ2n) is 5.51. The first-order chi connectivity index (χ1) is 13.1. The summed E-state index contributed by atoms with van der Waals surface area (Å²) in [4.78, 5) is 3.90. The lowest BCUT2D eigenvalue weighted by Gasteiger charge is -2.14. The summed E-state index contributed by atoms with van der Waals surface area (Å²) in [6.45, 7) is 1.52. The van der Waals surface area contributed by atoms with Crippen LogP contribution in [0.2, 0.25) is 15.1 Å². The monoisotopic (exact) mass is 479 g/mol. The molecule has 2 aromatic carbocycles. The number of sulfonamides is 1. The summed E-state index contributed by atoms with van der Waals surface area (Å²) >= 11 is 18.8. The van der Waals surface area contributed by atoms with Crippen molar-refractivity contribution in [2.75, 3.05) is 10.5 Å². The maximum absolute atomic E-state index is 12.6. The molecule has 0 aliphatic heterocycles. The quantitative estimate of drug-likeness (QED) is 0.427. The molecule has 0 aliphatic carbocycles. The standard InChI is InChI=1S/C16H12Cl3N3O4S2/c1-7-15(27-16(20)21-7)28(24,25)22-11-6-14(12(23)5-9(11)18)26-13-3-2-8(17)4-10(13)19/h2-6,22-23H,1H3,(H2,20,21). The van der Waals surface area contributed by atoms with Crippen molar-refractivity contribution in [1.82, 2.24) is 4.98 Å². The Labute approximate surface area is 179 Å². The Kier molecular flexibility index (Phi) is 5.83. The average Bonchev–Trinajstić information content (AvgIpc) is 2.93. The molecule has 1 aromatic heterocycles. The topological polar surface area (TPSA) is 115 Å². The minimum atomic E-state index is -4.00. The van der Waals surface area contributed by atoms with Gasteiger partial charge in [0, 0.05) is 17.2 Å². The molecule has 28 heavy (non-hydrogen) atoms. The predicted molar refractivity (Wildman–Crippen MR) is 112 cm³/mol. The Balaban J connectivity index is 1.96. The van der Waals surface area contributed by atoms with Crippen molar-refractivity contribution in [2.45, 2.75) is 11.1 Å². The van der Waals surface area contributed by atoms with E-state index in [0.29, 0.717) is 5.02 Å². The van der Waals surface area contributed by atoms with Crippen LogP contribution >= 0.6 is 46.1 Å². The number of thiazole rings is 1. The van der Waals surface area contributed by atoms with Crippen LogP contribution in [0.25, 0.3) is 0 Å². The lowest BCUT2D eigenvalue weighted by molar-refractivity contribution is 0.411. The van der Waals surface area contributed by atoms with Gasteiger partial charge in [-0.3, -0.25) is 4.72 Å². The molecule has 0 radical (unpaired) electrons. The zero-order chi connectivity index (χ0) is 20.6. The molecular weight excluding hydrogens is 469 g/mol. The number of hydrogen-bond acceptors (Lipinski definition) is 7. The van der Waals surface area contributed by atoms with E-state index in [2.05, 4.69) is 9.71 Å². The van der Waals surface area contributed by atoms with E-state index < -0.39 is 10.0 Å². The van der Waals surface area contributed by atoms with Crippen LogP contribution in [0.5, 0.6) is 17.2 Å². The summed E-state index contributed by atoms with van der Waals surface area (Å²) in [6, 6.07) is 6.90. The molecule has 0 fully saturated rings. The van der Waals surface area contributed by atoms with Gasteiger partial charge >= 0.3 is 0 Å². The minimum absolute atomic E-state index is 0.00840. The fourth-order valence-corrected chi connectivity index (χ4v) is 5.30. The van der Waals surface area contributed by atoms with E-state index in [1.807, 2.05) is 0 Å². The van der Waals surface area contributed by atoms with Crippen molar-refractivity contribution in [1.29, 1.82) is 0 Å². The summed E-state index contributed by atoms with van der Waals surface area (Å²) < 4.78 is 33.2. The van der Waals surface area contributed by atoms with Gasteiger partial charge in [-0.15, -0.1) is 0 Å². The molecule has 7 nitrogen and oxygen atoms in total. The van der Waals surface area contributed by atoms with Crippen LogP contribution in [0.1, 0.15) is 5.69 Å². The molecule has 148 valence electrons. The number of nitrogens with two attached hydrogens (primary N) is 1. The zero-order valence-corrected chi connectivity index (χ0v) is 17.9. The number of aryl methyl sites for hydroxylation is 1. The van der Waals surface area contributed by atoms with Gasteiger partial charge in [0.1, 0.15) is 5.75 Å². The number of anilines is 2. The maximum Gasteiger partial charge on any atom is 0.273 e. The third kappa shape index (κ3) is 4.39. The second kappa shape index (κ2) is 7.84. The Hall–Kier alpha value is -1.91.